The Kier molecular flexibility index (Phi) is 6.84. The van der Waals surface area contributed by atoms with Gasteiger partial charge in [0.1, 0.15) is 0 Å². The largest absolute Gasteiger partial charge is 0.396 e. The summed E-state index contributed by atoms with van der Waals surface area (Å²) in [6.07, 6.45) is 3.26. The number of rotatable bonds is 6. The number of nitrogens with zero attached hydrogens (tertiary/aromatic N) is 1. The van der Waals surface area contributed by atoms with E-state index in [0.29, 0.717) is 19.5 Å². The van der Waals surface area contributed by atoms with E-state index in [1.165, 1.54) is 0 Å². The molecule has 1 heterocycles. The van der Waals surface area contributed by atoms with Crippen molar-refractivity contribution in [1.82, 2.24) is 10.2 Å². The standard InChI is InChI=1S/C14H26N2O3/c1-11(2)14(19)16-8-5-6-12(10-16)13(18)15-7-3-4-9-17/h11-12,17H,3-10H2,1-2H3,(H,15,18). The molecule has 0 radical (unpaired) electrons. The van der Waals surface area contributed by atoms with Gasteiger partial charge in [-0.25, -0.2) is 0 Å². The van der Waals surface area contributed by atoms with Crippen LogP contribution >= 0.6 is 0 Å². The molecule has 1 saturated heterocycles. The van der Waals surface area contributed by atoms with Crippen LogP contribution in [0.2, 0.25) is 0 Å². The second-order valence-electron chi connectivity index (χ2n) is 5.50. The number of unbranched alkanes of at least 4 members (excludes halogenated alkanes) is 1. The number of piperidine rings is 1. The predicted octanol–water partition coefficient (Wildman–Crippen LogP) is 0.770. The zero-order valence-electron chi connectivity index (χ0n) is 12.0. The highest BCUT2D eigenvalue weighted by molar-refractivity contribution is 5.82. The molecule has 1 rings (SSSR count). The second kappa shape index (κ2) is 8.15. The van der Waals surface area contributed by atoms with E-state index < -0.39 is 0 Å². The van der Waals surface area contributed by atoms with Crippen molar-refractivity contribution in [1.29, 1.82) is 0 Å². The molecule has 1 aliphatic heterocycles. The highest BCUT2D eigenvalue weighted by atomic mass is 16.3. The maximum Gasteiger partial charge on any atom is 0.225 e. The lowest BCUT2D eigenvalue weighted by Gasteiger charge is -2.33. The summed E-state index contributed by atoms with van der Waals surface area (Å²) < 4.78 is 0. The van der Waals surface area contributed by atoms with Crippen molar-refractivity contribution < 1.29 is 14.7 Å². The first-order valence-corrected chi connectivity index (χ1v) is 7.23. The number of carbonyl (C=O) groups is 2. The molecule has 0 saturated carbocycles. The lowest BCUT2D eigenvalue weighted by atomic mass is 9.96. The maximum absolute atomic E-state index is 12.0. The molecular weight excluding hydrogens is 244 g/mol. The smallest absolute Gasteiger partial charge is 0.225 e. The van der Waals surface area contributed by atoms with E-state index in [1.807, 2.05) is 18.7 Å². The topological polar surface area (TPSA) is 69.6 Å². The van der Waals surface area contributed by atoms with Crippen LogP contribution in [0.3, 0.4) is 0 Å². The first-order chi connectivity index (χ1) is 9.06. The van der Waals surface area contributed by atoms with Crippen LogP contribution in [-0.4, -0.2) is 48.1 Å². The zero-order valence-corrected chi connectivity index (χ0v) is 12.0. The van der Waals surface area contributed by atoms with Crippen molar-refractivity contribution >= 4 is 11.8 Å². The fourth-order valence-electron chi connectivity index (χ4n) is 2.35. The molecule has 2 amide bonds. The van der Waals surface area contributed by atoms with Crippen LogP contribution < -0.4 is 5.32 Å². The molecule has 0 aromatic heterocycles. The number of nitrogens with one attached hydrogen (secondary N) is 1. The highest BCUT2D eigenvalue weighted by Crippen LogP contribution is 2.18. The van der Waals surface area contributed by atoms with Gasteiger partial charge in [-0.1, -0.05) is 13.8 Å². The third-order valence-electron chi connectivity index (χ3n) is 3.48. The molecular formula is C14H26N2O3. The molecule has 0 bridgehead atoms. The first-order valence-electron chi connectivity index (χ1n) is 7.23. The molecule has 1 unspecified atom stereocenters. The van der Waals surface area contributed by atoms with Gasteiger partial charge >= 0.3 is 0 Å². The number of hydrogen-bond acceptors (Lipinski definition) is 3. The molecule has 1 aliphatic rings. The Morgan fingerprint density at radius 2 is 2.11 bits per heavy atom. The summed E-state index contributed by atoms with van der Waals surface area (Å²) in [7, 11) is 0. The monoisotopic (exact) mass is 270 g/mol. The van der Waals surface area contributed by atoms with Crippen molar-refractivity contribution in [3.8, 4) is 0 Å². The molecule has 0 aromatic carbocycles. The van der Waals surface area contributed by atoms with Gasteiger partial charge in [0.2, 0.25) is 11.8 Å². The Bertz CT molecular complexity index is 305. The van der Waals surface area contributed by atoms with Gasteiger partial charge in [0.05, 0.1) is 5.92 Å². The van der Waals surface area contributed by atoms with E-state index in [4.69, 9.17) is 5.11 Å². The number of amides is 2. The molecule has 1 atom stereocenters. The van der Waals surface area contributed by atoms with Gasteiger partial charge in [0.25, 0.3) is 0 Å². The Hall–Kier alpha value is -1.10. The minimum atomic E-state index is -0.0782. The summed E-state index contributed by atoms with van der Waals surface area (Å²) in [5, 5.41) is 11.6. The van der Waals surface area contributed by atoms with E-state index in [0.717, 1.165) is 25.8 Å². The molecule has 5 heteroatoms. The summed E-state index contributed by atoms with van der Waals surface area (Å²) in [6, 6.07) is 0. The van der Waals surface area contributed by atoms with E-state index in [2.05, 4.69) is 5.32 Å². The maximum atomic E-state index is 12.0. The molecule has 0 spiro atoms. The van der Waals surface area contributed by atoms with Gasteiger partial charge in [-0.2, -0.15) is 0 Å². The third kappa shape index (κ3) is 5.19. The Morgan fingerprint density at radius 3 is 2.74 bits per heavy atom. The molecule has 5 nitrogen and oxygen atoms in total. The van der Waals surface area contributed by atoms with Crippen LogP contribution in [-0.2, 0) is 9.59 Å². The van der Waals surface area contributed by atoms with Crippen LogP contribution in [0.5, 0.6) is 0 Å². The number of hydrogen-bond donors (Lipinski definition) is 2. The molecule has 0 aliphatic carbocycles. The fraction of sp³-hybridized carbons (Fsp3) is 0.857. The second-order valence-corrected chi connectivity index (χ2v) is 5.50. The Labute approximate surface area is 115 Å². The predicted molar refractivity (Wildman–Crippen MR) is 73.5 cm³/mol. The summed E-state index contributed by atoms with van der Waals surface area (Å²) in [5.74, 6) is 0.0916. The van der Waals surface area contributed by atoms with E-state index in [1.54, 1.807) is 0 Å². The Morgan fingerprint density at radius 1 is 1.37 bits per heavy atom. The minimum Gasteiger partial charge on any atom is -0.396 e. The van der Waals surface area contributed by atoms with E-state index in [-0.39, 0.29) is 30.3 Å². The lowest BCUT2D eigenvalue weighted by Crippen LogP contribution is -2.46. The van der Waals surface area contributed by atoms with Crippen LogP contribution in [0, 0.1) is 11.8 Å². The molecule has 1 fully saturated rings. The van der Waals surface area contributed by atoms with Crippen molar-refractivity contribution in [2.75, 3.05) is 26.2 Å². The number of carbonyl (C=O) groups excluding carboxylic acids is 2. The van der Waals surface area contributed by atoms with Crippen LogP contribution in [0.4, 0.5) is 0 Å². The van der Waals surface area contributed by atoms with Gasteiger partial charge in [0, 0.05) is 32.2 Å². The summed E-state index contributed by atoms with van der Waals surface area (Å²) in [5.41, 5.74) is 0. The van der Waals surface area contributed by atoms with Crippen LogP contribution in [0.1, 0.15) is 39.5 Å². The van der Waals surface area contributed by atoms with Gasteiger partial charge in [-0.15, -0.1) is 0 Å². The number of aliphatic hydroxyl groups excluding tert-OH is 1. The fourth-order valence-corrected chi connectivity index (χ4v) is 2.35. The highest BCUT2D eigenvalue weighted by Gasteiger charge is 2.28. The zero-order chi connectivity index (χ0) is 14.3. The number of likely N-dealkylation sites (tertiary alicyclic amines) is 1. The molecule has 19 heavy (non-hydrogen) atoms. The van der Waals surface area contributed by atoms with Gasteiger partial charge in [0.15, 0.2) is 0 Å². The number of aliphatic hydroxyl groups is 1. The van der Waals surface area contributed by atoms with Crippen molar-refractivity contribution in [3.63, 3.8) is 0 Å². The molecule has 110 valence electrons. The molecule has 0 aromatic rings. The van der Waals surface area contributed by atoms with E-state index in [9.17, 15) is 9.59 Å². The van der Waals surface area contributed by atoms with E-state index >= 15 is 0 Å². The van der Waals surface area contributed by atoms with Crippen LogP contribution in [0.15, 0.2) is 0 Å². The Balaban J connectivity index is 2.37. The SMILES string of the molecule is CC(C)C(=O)N1CCCC(C(=O)NCCCCO)C1. The van der Waals surface area contributed by atoms with Crippen molar-refractivity contribution in [3.05, 3.63) is 0 Å². The lowest BCUT2D eigenvalue weighted by molar-refractivity contribution is -0.138. The van der Waals surface area contributed by atoms with Gasteiger partial charge in [-0.3, -0.25) is 9.59 Å². The summed E-state index contributed by atoms with van der Waals surface area (Å²) in [4.78, 5) is 25.7. The molecule has 2 N–H and O–H groups in total. The average Bonchev–Trinajstić information content (AvgIpc) is 2.42. The normalized spacial score (nSPS) is 19.6. The summed E-state index contributed by atoms with van der Waals surface area (Å²) in [6.45, 7) is 5.86. The summed E-state index contributed by atoms with van der Waals surface area (Å²) >= 11 is 0. The first kappa shape index (κ1) is 16.0. The van der Waals surface area contributed by atoms with Crippen molar-refractivity contribution in [2.45, 2.75) is 39.5 Å². The van der Waals surface area contributed by atoms with Crippen LogP contribution in [0.25, 0.3) is 0 Å². The quantitative estimate of drug-likeness (QED) is 0.700. The average molecular weight is 270 g/mol. The minimum absolute atomic E-state index is 0.00799. The third-order valence-corrected chi connectivity index (χ3v) is 3.48. The van der Waals surface area contributed by atoms with Crippen molar-refractivity contribution in [2.24, 2.45) is 11.8 Å². The van der Waals surface area contributed by atoms with Gasteiger partial charge < -0.3 is 15.3 Å². The van der Waals surface area contributed by atoms with Gasteiger partial charge in [-0.05, 0) is 25.7 Å².